The Morgan fingerprint density at radius 3 is 2.93 bits per heavy atom. The fourth-order valence-electron chi connectivity index (χ4n) is 2.77. The lowest BCUT2D eigenvalue weighted by Gasteiger charge is -2.36. The molecule has 2 heterocycles. The van der Waals surface area contributed by atoms with E-state index in [4.69, 9.17) is 21.1 Å². The smallest absolute Gasteiger partial charge is 0.306 e. The summed E-state index contributed by atoms with van der Waals surface area (Å²) < 4.78 is 10.5. The first-order chi connectivity index (χ1) is 13.5. The summed E-state index contributed by atoms with van der Waals surface area (Å²) in [5.41, 5.74) is -0.856. The number of nitrogens with zero attached hydrogens (tertiary/aromatic N) is 1. The standard InChI is InChI=1S/C20H31ClN2O4S/c1-3-5-6-15(4-2)11-27-17(24)8-10-28-16-7-9-22-19(18(16)21)23-12-20(25)13-26-14-20/h7,9,15,25H,3-6,8,10-14H2,1-2H3,(H,22,23). The Bertz CT molecular complexity index is 628. The van der Waals surface area contributed by atoms with E-state index in [-0.39, 0.29) is 5.97 Å². The molecule has 1 saturated heterocycles. The van der Waals surface area contributed by atoms with E-state index in [1.165, 1.54) is 18.2 Å². The van der Waals surface area contributed by atoms with Gasteiger partial charge >= 0.3 is 5.97 Å². The van der Waals surface area contributed by atoms with Crippen molar-refractivity contribution in [3.05, 3.63) is 17.3 Å². The summed E-state index contributed by atoms with van der Waals surface area (Å²) in [5.74, 6) is 1.40. The van der Waals surface area contributed by atoms with E-state index in [1.54, 1.807) is 6.20 Å². The molecule has 6 nitrogen and oxygen atoms in total. The van der Waals surface area contributed by atoms with Crippen molar-refractivity contribution < 1.29 is 19.4 Å². The van der Waals surface area contributed by atoms with Gasteiger partial charge in [0.2, 0.25) is 0 Å². The zero-order valence-electron chi connectivity index (χ0n) is 16.7. The summed E-state index contributed by atoms with van der Waals surface area (Å²) in [6.07, 6.45) is 6.48. The average molecular weight is 431 g/mol. The van der Waals surface area contributed by atoms with Crippen molar-refractivity contribution in [2.24, 2.45) is 5.92 Å². The number of hydrogen-bond donors (Lipinski definition) is 2. The number of esters is 1. The second-order valence-electron chi connectivity index (χ2n) is 7.24. The molecule has 0 bridgehead atoms. The molecule has 1 atom stereocenters. The third-order valence-corrected chi connectivity index (χ3v) is 6.32. The minimum atomic E-state index is -0.856. The van der Waals surface area contributed by atoms with Crippen LogP contribution in [0.2, 0.25) is 5.02 Å². The summed E-state index contributed by atoms with van der Waals surface area (Å²) in [6.45, 7) is 5.77. The zero-order chi connectivity index (χ0) is 20.4. The molecule has 28 heavy (non-hydrogen) atoms. The van der Waals surface area contributed by atoms with Crippen molar-refractivity contribution in [3.8, 4) is 0 Å². The Morgan fingerprint density at radius 1 is 1.50 bits per heavy atom. The van der Waals surface area contributed by atoms with Crippen LogP contribution >= 0.6 is 23.4 Å². The molecule has 1 aliphatic rings. The average Bonchev–Trinajstić information content (AvgIpc) is 2.67. The molecule has 0 saturated carbocycles. The molecule has 1 aliphatic heterocycles. The maximum absolute atomic E-state index is 12.0. The summed E-state index contributed by atoms with van der Waals surface area (Å²) in [6, 6.07) is 1.82. The number of carbonyl (C=O) groups excluding carboxylic acids is 1. The van der Waals surface area contributed by atoms with Gasteiger partial charge in [0, 0.05) is 23.4 Å². The number of anilines is 1. The van der Waals surface area contributed by atoms with Crippen LogP contribution in [0.25, 0.3) is 0 Å². The van der Waals surface area contributed by atoms with Gasteiger partial charge in [-0.05, 0) is 18.4 Å². The molecule has 1 unspecified atom stereocenters. The van der Waals surface area contributed by atoms with Crippen LogP contribution in [0.3, 0.4) is 0 Å². The van der Waals surface area contributed by atoms with Gasteiger partial charge in [0.1, 0.15) is 11.4 Å². The first-order valence-corrected chi connectivity index (χ1v) is 11.3. The zero-order valence-corrected chi connectivity index (χ0v) is 18.3. The molecule has 0 spiro atoms. The molecular formula is C20H31ClN2O4S. The second-order valence-corrected chi connectivity index (χ2v) is 8.76. The lowest BCUT2D eigenvalue weighted by atomic mass is 10.0. The molecule has 2 rings (SSSR count). The quantitative estimate of drug-likeness (QED) is 0.359. The predicted octanol–water partition coefficient (Wildman–Crippen LogP) is 4.15. The van der Waals surface area contributed by atoms with E-state index in [2.05, 4.69) is 24.1 Å². The van der Waals surface area contributed by atoms with Gasteiger partial charge in [-0.2, -0.15) is 0 Å². The van der Waals surface area contributed by atoms with E-state index >= 15 is 0 Å². The monoisotopic (exact) mass is 430 g/mol. The molecule has 158 valence electrons. The molecule has 2 N–H and O–H groups in total. The van der Waals surface area contributed by atoms with Crippen LogP contribution in [0, 0.1) is 5.92 Å². The van der Waals surface area contributed by atoms with Gasteiger partial charge in [-0.15, -0.1) is 11.8 Å². The van der Waals surface area contributed by atoms with Crippen LogP contribution in [0.4, 0.5) is 5.82 Å². The van der Waals surface area contributed by atoms with Crippen molar-refractivity contribution in [2.75, 3.05) is 37.4 Å². The lowest BCUT2D eigenvalue weighted by molar-refractivity contribution is -0.168. The van der Waals surface area contributed by atoms with Crippen LogP contribution in [0.15, 0.2) is 17.2 Å². The lowest BCUT2D eigenvalue weighted by Crippen LogP contribution is -2.54. The maximum atomic E-state index is 12.0. The Morgan fingerprint density at radius 2 is 2.29 bits per heavy atom. The first kappa shape index (κ1) is 23.3. The van der Waals surface area contributed by atoms with E-state index < -0.39 is 5.60 Å². The Labute approximate surface area is 176 Å². The van der Waals surface area contributed by atoms with Crippen molar-refractivity contribution >= 4 is 35.1 Å². The van der Waals surface area contributed by atoms with E-state index in [0.29, 0.717) is 55.3 Å². The number of pyridine rings is 1. The normalized spacial score (nSPS) is 16.3. The SMILES string of the molecule is CCCCC(CC)COC(=O)CCSc1ccnc(NCC2(O)COC2)c1Cl. The summed E-state index contributed by atoms with van der Waals surface area (Å²) in [7, 11) is 0. The number of ether oxygens (including phenoxy) is 2. The number of hydrogen-bond acceptors (Lipinski definition) is 7. The highest BCUT2D eigenvalue weighted by atomic mass is 35.5. The molecule has 1 aromatic rings. The van der Waals surface area contributed by atoms with Gasteiger partial charge in [-0.25, -0.2) is 4.98 Å². The number of unbranched alkanes of at least 4 members (excludes halogenated alkanes) is 1. The maximum Gasteiger partial charge on any atom is 0.306 e. The number of rotatable bonds is 13. The highest BCUT2D eigenvalue weighted by Crippen LogP contribution is 2.32. The van der Waals surface area contributed by atoms with Crippen molar-refractivity contribution in [1.29, 1.82) is 0 Å². The van der Waals surface area contributed by atoms with Gasteiger partial charge < -0.3 is 19.9 Å². The number of halogens is 1. The van der Waals surface area contributed by atoms with Crippen LogP contribution in [-0.2, 0) is 14.3 Å². The highest BCUT2D eigenvalue weighted by Gasteiger charge is 2.36. The predicted molar refractivity (Wildman–Crippen MR) is 113 cm³/mol. The molecule has 0 amide bonds. The largest absolute Gasteiger partial charge is 0.465 e. The summed E-state index contributed by atoms with van der Waals surface area (Å²) in [5, 5.41) is 13.6. The summed E-state index contributed by atoms with van der Waals surface area (Å²) >= 11 is 7.91. The third-order valence-electron chi connectivity index (χ3n) is 4.77. The minimum absolute atomic E-state index is 0.168. The Balaban J connectivity index is 1.73. The van der Waals surface area contributed by atoms with Crippen molar-refractivity contribution in [3.63, 3.8) is 0 Å². The number of thioether (sulfide) groups is 1. The fourth-order valence-corrected chi connectivity index (χ4v) is 3.99. The van der Waals surface area contributed by atoms with Crippen LogP contribution in [0.5, 0.6) is 0 Å². The van der Waals surface area contributed by atoms with E-state index in [0.717, 1.165) is 24.2 Å². The number of aliphatic hydroxyl groups is 1. The van der Waals surface area contributed by atoms with Crippen molar-refractivity contribution in [2.45, 2.75) is 56.4 Å². The molecular weight excluding hydrogens is 400 g/mol. The van der Waals surface area contributed by atoms with Crippen LogP contribution < -0.4 is 5.32 Å². The summed E-state index contributed by atoms with van der Waals surface area (Å²) in [4.78, 5) is 17.1. The van der Waals surface area contributed by atoms with Gasteiger partial charge in [-0.3, -0.25) is 4.79 Å². The van der Waals surface area contributed by atoms with Gasteiger partial charge in [0.25, 0.3) is 0 Å². The van der Waals surface area contributed by atoms with Crippen LogP contribution in [-0.4, -0.2) is 53.8 Å². The van der Waals surface area contributed by atoms with Crippen molar-refractivity contribution in [1.82, 2.24) is 4.98 Å². The molecule has 1 aromatic heterocycles. The number of aromatic nitrogens is 1. The third kappa shape index (κ3) is 7.43. The van der Waals surface area contributed by atoms with E-state index in [9.17, 15) is 9.90 Å². The molecule has 0 radical (unpaired) electrons. The Hall–Kier alpha value is -1.02. The first-order valence-electron chi connectivity index (χ1n) is 9.94. The Kier molecular flexibility index (Phi) is 9.85. The number of nitrogens with one attached hydrogen (secondary N) is 1. The highest BCUT2D eigenvalue weighted by molar-refractivity contribution is 7.99. The number of carbonyl (C=O) groups is 1. The fraction of sp³-hybridized carbons (Fsp3) is 0.700. The van der Waals surface area contributed by atoms with Gasteiger partial charge in [-0.1, -0.05) is 44.7 Å². The van der Waals surface area contributed by atoms with E-state index in [1.807, 2.05) is 6.07 Å². The molecule has 0 aromatic carbocycles. The van der Waals surface area contributed by atoms with Gasteiger partial charge in [0.15, 0.2) is 0 Å². The molecule has 1 fully saturated rings. The molecule has 8 heteroatoms. The van der Waals surface area contributed by atoms with Gasteiger partial charge in [0.05, 0.1) is 31.3 Å². The van der Waals surface area contributed by atoms with Crippen LogP contribution in [0.1, 0.15) is 46.0 Å². The second kappa shape index (κ2) is 11.9. The topological polar surface area (TPSA) is 80.7 Å². The minimum Gasteiger partial charge on any atom is -0.465 e. The molecule has 0 aliphatic carbocycles.